The molecule has 1 heterocycles. The van der Waals surface area contributed by atoms with Gasteiger partial charge >= 0.3 is 0 Å². The van der Waals surface area contributed by atoms with Crippen molar-refractivity contribution in [2.75, 3.05) is 47.4 Å². The van der Waals surface area contributed by atoms with Gasteiger partial charge in [0, 0.05) is 40.9 Å². The first-order valence-electron chi connectivity index (χ1n) is 7.73. The van der Waals surface area contributed by atoms with Gasteiger partial charge in [0.1, 0.15) is 6.54 Å². The van der Waals surface area contributed by atoms with Crippen LogP contribution in [0.25, 0.3) is 0 Å². The number of amides is 1. The summed E-state index contributed by atoms with van der Waals surface area (Å²) >= 11 is 0. The molecule has 1 rings (SSSR count). The molecular weight excluding hydrogens is 284 g/mol. The van der Waals surface area contributed by atoms with Gasteiger partial charge in [-0.05, 0) is 26.7 Å². The molecule has 1 amide bonds. The van der Waals surface area contributed by atoms with E-state index in [0.717, 1.165) is 19.4 Å². The number of nitrogens with zero attached hydrogens (tertiary/aromatic N) is 2. The predicted molar refractivity (Wildman–Crippen MR) is 87.1 cm³/mol. The minimum Gasteiger partial charge on any atom is -0.377 e. The van der Waals surface area contributed by atoms with E-state index >= 15 is 0 Å². The Morgan fingerprint density at radius 1 is 1.41 bits per heavy atom. The first-order valence-corrected chi connectivity index (χ1v) is 7.73. The van der Waals surface area contributed by atoms with E-state index in [1.165, 1.54) is 4.90 Å². The molecule has 7 heteroatoms. The maximum absolute atomic E-state index is 11.7. The Labute approximate surface area is 133 Å². The Kier molecular flexibility index (Phi) is 7.61. The molecule has 1 unspecified atom stereocenters. The van der Waals surface area contributed by atoms with Gasteiger partial charge in [-0.15, -0.1) is 0 Å². The number of rotatable bonds is 7. The van der Waals surface area contributed by atoms with Gasteiger partial charge in [-0.1, -0.05) is 0 Å². The summed E-state index contributed by atoms with van der Waals surface area (Å²) in [6.07, 6.45) is 2.37. The van der Waals surface area contributed by atoms with Crippen molar-refractivity contribution in [2.45, 2.75) is 38.4 Å². The summed E-state index contributed by atoms with van der Waals surface area (Å²) in [5.74, 6) is 0.569. The first kappa shape index (κ1) is 18.7. The Hall–Kier alpha value is -1.34. The molecule has 1 atom stereocenters. The summed E-state index contributed by atoms with van der Waals surface area (Å²) in [6.45, 7) is 6.20. The predicted octanol–water partition coefficient (Wildman–Crippen LogP) is 0.214. The van der Waals surface area contributed by atoms with Crippen molar-refractivity contribution >= 4 is 11.9 Å². The van der Waals surface area contributed by atoms with Crippen molar-refractivity contribution in [3.05, 3.63) is 0 Å². The third-order valence-electron chi connectivity index (χ3n) is 3.63. The minimum atomic E-state index is -0.308. The van der Waals surface area contributed by atoms with Crippen LogP contribution >= 0.6 is 0 Å². The number of methoxy groups -OCH3 is 1. The summed E-state index contributed by atoms with van der Waals surface area (Å²) in [7, 11) is 5.12. The van der Waals surface area contributed by atoms with E-state index in [1.54, 1.807) is 21.2 Å². The van der Waals surface area contributed by atoms with Crippen LogP contribution < -0.4 is 10.6 Å². The average molecular weight is 314 g/mol. The number of guanidine groups is 1. The Balaban J connectivity index is 2.54. The molecule has 1 aliphatic rings. The van der Waals surface area contributed by atoms with Crippen molar-refractivity contribution in [1.82, 2.24) is 15.5 Å². The van der Waals surface area contributed by atoms with Crippen LogP contribution in [0, 0.1) is 0 Å². The third kappa shape index (κ3) is 7.09. The van der Waals surface area contributed by atoms with E-state index in [1.807, 2.05) is 13.8 Å². The molecule has 1 aliphatic heterocycles. The molecule has 0 bridgehead atoms. The van der Waals surface area contributed by atoms with E-state index in [2.05, 4.69) is 15.6 Å². The molecule has 128 valence electrons. The number of nitrogens with one attached hydrogen (secondary N) is 2. The molecular formula is C15H30N4O3. The van der Waals surface area contributed by atoms with Gasteiger partial charge in [0.25, 0.3) is 0 Å². The monoisotopic (exact) mass is 314 g/mol. The summed E-state index contributed by atoms with van der Waals surface area (Å²) < 4.78 is 11.0. The summed E-state index contributed by atoms with van der Waals surface area (Å²) in [4.78, 5) is 17.5. The van der Waals surface area contributed by atoms with Gasteiger partial charge in [0.05, 0.1) is 11.7 Å². The Bertz CT molecular complexity index is 377. The topological polar surface area (TPSA) is 75.2 Å². The van der Waals surface area contributed by atoms with Crippen LogP contribution in [0.2, 0.25) is 0 Å². The Morgan fingerprint density at radius 2 is 2.14 bits per heavy atom. The molecule has 2 N–H and O–H groups in total. The zero-order chi connectivity index (χ0) is 16.6. The highest BCUT2D eigenvalue weighted by atomic mass is 16.5. The van der Waals surface area contributed by atoms with Crippen molar-refractivity contribution in [2.24, 2.45) is 4.99 Å². The second kappa shape index (κ2) is 8.95. The molecule has 7 nitrogen and oxygen atoms in total. The smallest absolute Gasteiger partial charge is 0.243 e. The lowest BCUT2D eigenvalue weighted by Gasteiger charge is -2.25. The largest absolute Gasteiger partial charge is 0.377 e. The summed E-state index contributed by atoms with van der Waals surface area (Å²) in [6, 6.07) is 0. The molecule has 0 spiro atoms. The van der Waals surface area contributed by atoms with Crippen LogP contribution in [-0.4, -0.2) is 75.9 Å². The fourth-order valence-electron chi connectivity index (χ4n) is 1.85. The van der Waals surface area contributed by atoms with Crippen molar-refractivity contribution in [1.29, 1.82) is 0 Å². The van der Waals surface area contributed by atoms with Gasteiger partial charge in [0.15, 0.2) is 5.96 Å². The fraction of sp³-hybridized carbons (Fsp3) is 0.867. The SMILES string of the molecule is COC(C)(C)CNC(=NCC(=O)N(C)C)NCC1CCCO1. The van der Waals surface area contributed by atoms with Gasteiger partial charge in [-0.2, -0.15) is 0 Å². The third-order valence-corrected chi connectivity index (χ3v) is 3.63. The maximum atomic E-state index is 11.7. The number of carbonyl (C=O) groups excluding carboxylic acids is 1. The van der Waals surface area contributed by atoms with Crippen molar-refractivity contribution < 1.29 is 14.3 Å². The van der Waals surface area contributed by atoms with Crippen LogP contribution in [0.5, 0.6) is 0 Å². The fourth-order valence-corrected chi connectivity index (χ4v) is 1.85. The molecule has 22 heavy (non-hydrogen) atoms. The molecule has 0 aromatic heterocycles. The van der Waals surface area contributed by atoms with Gasteiger partial charge in [-0.3, -0.25) is 4.79 Å². The van der Waals surface area contributed by atoms with Crippen LogP contribution in [-0.2, 0) is 14.3 Å². The van der Waals surface area contributed by atoms with E-state index in [9.17, 15) is 4.79 Å². The number of hydrogen-bond donors (Lipinski definition) is 2. The number of carbonyl (C=O) groups is 1. The van der Waals surface area contributed by atoms with Crippen molar-refractivity contribution in [3.63, 3.8) is 0 Å². The van der Waals surface area contributed by atoms with E-state index in [-0.39, 0.29) is 24.2 Å². The molecule has 0 aromatic rings. The van der Waals surface area contributed by atoms with E-state index < -0.39 is 0 Å². The van der Waals surface area contributed by atoms with Crippen LogP contribution in [0.1, 0.15) is 26.7 Å². The summed E-state index contributed by atoms with van der Waals surface area (Å²) in [5, 5.41) is 6.46. The highest BCUT2D eigenvalue weighted by Crippen LogP contribution is 2.10. The van der Waals surface area contributed by atoms with Crippen molar-refractivity contribution in [3.8, 4) is 0 Å². The lowest BCUT2D eigenvalue weighted by molar-refractivity contribution is -0.127. The molecule has 1 saturated heterocycles. The quantitative estimate of drug-likeness (QED) is 0.519. The normalized spacial score (nSPS) is 19.1. The lowest BCUT2D eigenvalue weighted by atomic mass is 10.1. The van der Waals surface area contributed by atoms with E-state index in [4.69, 9.17) is 9.47 Å². The standard InChI is InChI=1S/C15H30N4O3/c1-15(2,21-5)11-18-14(17-10-13(20)19(3)4)16-9-12-7-6-8-22-12/h12H,6-11H2,1-5H3,(H2,16,17,18). The van der Waals surface area contributed by atoms with Crippen LogP contribution in [0.15, 0.2) is 4.99 Å². The van der Waals surface area contributed by atoms with Gasteiger partial charge in [0.2, 0.25) is 5.91 Å². The highest BCUT2D eigenvalue weighted by molar-refractivity contribution is 5.84. The van der Waals surface area contributed by atoms with Crippen LogP contribution in [0.4, 0.5) is 0 Å². The summed E-state index contributed by atoms with van der Waals surface area (Å²) in [5.41, 5.74) is -0.308. The highest BCUT2D eigenvalue weighted by Gasteiger charge is 2.19. The lowest BCUT2D eigenvalue weighted by Crippen LogP contribution is -2.47. The van der Waals surface area contributed by atoms with Crippen LogP contribution in [0.3, 0.4) is 0 Å². The van der Waals surface area contributed by atoms with Gasteiger partial charge in [-0.25, -0.2) is 4.99 Å². The molecule has 0 aliphatic carbocycles. The second-order valence-electron chi connectivity index (χ2n) is 6.29. The number of hydrogen-bond acceptors (Lipinski definition) is 4. The zero-order valence-corrected chi connectivity index (χ0v) is 14.4. The Morgan fingerprint density at radius 3 is 2.68 bits per heavy atom. The number of ether oxygens (including phenoxy) is 2. The number of likely N-dealkylation sites (N-methyl/N-ethyl adjacent to an activating group) is 1. The average Bonchev–Trinajstić information content (AvgIpc) is 2.99. The van der Waals surface area contributed by atoms with Gasteiger partial charge < -0.3 is 25.0 Å². The molecule has 1 fully saturated rings. The molecule has 0 aromatic carbocycles. The van der Waals surface area contributed by atoms with E-state index in [0.29, 0.717) is 19.0 Å². The second-order valence-corrected chi connectivity index (χ2v) is 6.29. The molecule has 0 radical (unpaired) electrons. The minimum absolute atomic E-state index is 0.0378. The molecule has 0 saturated carbocycles. The number of aliphatic imine (C=N–C) groups is 1. The zero-order valence-electron chi connectivity index (χ0n) is 14.4. The maximum Gasteiger partial charge on any atom is 0.243 e. The first-order chi connectivity index (χ1) is 10.3.